The number of halogens is 1. The summed E-state index contributed by atoms with van der Waals surface area (Å²) in [6.45, 7) is 5.86. The predicted molar refractivity (Wildman–Crippen MR) is 104 cm³/mol. The number of morpholine rings is 1. The van der Waals surface area contributed by atoms with Gasteiger partial charge in [-0.3, -0.25) is 0 Å². The molecule has 0 aromatic carbocycles. The minimum absolute atomic E-state index is 0.193. The highest BCUT2D eigenvalue weighted by Gasteiger charge is 2.25. The first-order chi connectivity index (χ1) is 13.6. The molecule has 3 aromatic heterocycles. The van der Waals surface area contributed by atoms with Gasteiger partial charge in [0.2, 0.25) is 5.95 Å². The number of nitrogens with zero attached hydrogens (tertiary/aromatic N) is 5. The van der Waals surface area contributed by atoms with Crippen LogP contribution in [0.2, 0.25) is 0 Å². The van der Waals surface area contributed by atoms with Crippen LogP contribution < -0.4 is 10.2 Å². The lowest BCUT2D eigenvalue weighted by Gasteiger charge is -2.33. The van der Waals surface area contributed by atoms with E-state index in [1.54, 1.807) is 6.07 Å². The third-order valence-electron chi connectivity index (χ3n) is 4.40. The van der Waals surface area contributed by atoms with Crippen molar-refractivity contribution in [1.82, 2.24) is 19.9 Å². The number of aryl methyl sites for hydroxylation is 2. The topological polar surface area (TPSA) is 76.1 Å². The summed E-state index contributed by atoms with van der Waals surface area (Å²) in [5, 5.41) is 3.09. The quantitative estimate of drug-likeness (QED) is 0.744. The van der Waals surface area contributed by atoms with Gasteiger partial charge in [0.15, 0.2) is 0 Å². The van der Waals surface area contributed by atoms with Gasteiger partial charge in [0.05, 0.1) is 25.0 Å². The number of hydrogen-bond donors (Lipinski definition) is 1. The lowest BCUT2D eigenvalue weighted by Crippen LogP contribution is -2.39. The second kappa shape index (κ2) is 7.85. The molecule has 0 amide bonds. The summed E-state index contributed by atoms with van der Waals surface area (Å²) >= 11 is 0. The Morgan fingerprint density at radius 1 is 1.07 bits per heavy atom. The predicted octanol–water partition coefficient (Wildman–Crippen LogP) is 3.34. The first-order valence-electron chi connectivity index (χ1n) is 9.11. The average molecular weight is 380 g/mol. The Morgan fingerprint density at radius 2 is 1.89 bits per heavy atom. The Morgan fingerprint density at radius 3 is 2.64 bits per heavy atom. The smallest absolute Gasteiger partial charge is 0.225 e. The van der Waals surface area contributed by atoms with Crippen molar-refractivity contribution in [2.45, 2.75) is 20.0 Å². The van der Waals surface area contributed by atoms with Crippen LogP contribution in [0, 0.1) is 19.7 Å². The van der Waals surface area contributed by atoms with Crippen molar-refractivity contribution >= 4 is 17.6 Å². The van der Waals surface area contributed by atoms with E-state index >= 15 is 0 Å². The van der Waals surface area contributed by atoms with Gasteiger partial charge in [-0.1, -0.05) is 6.07 Å². The SMILES string of the molecule is Cc1cc(C)nc(N2CCOC(c3cccc(Nc4ccc(F)cn4)n3)C2)n1. The Bertz CT molecular complexity index is 945. The lowest BCUT2D eigenvalue weighted by molar-refractivity contribution is 0.0365. The van der Waals surface area contributed by atoms with Crippen LogP contribution >= 0.6 is 0 Å². The minimum atomic E-state index is -0.378. The van der Waals surface area contributed by atoms with Crippen LogP contribution in [0.25, 0.3) is 0 Å². The zero-order chi connectivity index (χ0) is 19.5. The Balaban J connectivity index is 1.51. The summed E-state index contributed by atoms with van der Waals surface area (Å²) in [5.74, 6) is 1.49. The molecule has 4 rings (SSSR count). The molecule has 1 aliphatic rings. The minimum Gasteiger partial charge on any atom is -0.368 e. The molecule has 0 bridgehead atoms. The van der Waals surface area contributed by atoms with Crippen molar-refractivity contribution in [2.75, 3.05) is 29.9 Å². The zero-order valence-corrected chi connectivity index (χ0v) is 15.8. The van der Waals surface area contributed by atoms with Gasteiger partial charge >= 0.3 is 0 Å². The molecular formula is C20H21FN6O. The van der Waals surface area contributed by atoms with Crippen LogP contribution in [0.15, 0.2) is 42.6 Å². The summed E-state index contributed by atoms with van der Waals surface area (Å²) in [6, 6.07) is 10.6. The summed E-state index contributed by atoms with van der Waals surface area (Å²) in [5.41, 5.74) is 2.70. The van der Waals surface area contributed by atoms with E-state index in [2.05, 4.69) is 30.2 Å². The fourth-order valence-corrected chi connectivity index (χ4v) is 3.14. The second-order valence-electron chi connectivity index (χ2n) is 6.69. The van der Waals surface area contributed by atoms with Gasteiger partial charge in [0.1, 0.15) is 23.6 Å². The monoisotopic (exact) mass is 380 g/mol. The van der Waals surface area contributed by atoms with Gasteiger partial charge in [-0.2, -0.15) is 0 Å². The molecule has 144 valence electrons. The number of anilines is 3. The zero-order valence-electron chi connectivity index (χ0n) is 15.8. The molecular weight excluding hydrogens is 359 g/mol. The molecule has 0 spiro atoms. The van der Waals surface area contributed by atoms with E-state index in [4.69, 9.17) is 4.74 Å². The molecule has 4 heterocycles. The molecule has 1 fully saturated rings. The van der Waals surface area contributed by atoms with E-state index in [0.29, 0.717) is 24.8 Å². The van der Waals surface area contributed by atoms with Crippen LogP contribution in [-0.4, -0.2) is 39.6 Å². The van der Waals surface area contributed by atoms with E-state index < -0.39 is 0 Å². The molecule has 1 aliphatic heterocycles. The van der Waals surface area contributed by atoms with Crippen molar-refractivity contribution < 1.29 is 9.13 Å². The largest absolute Gasteiger partial charge is 0.368 e. The fourth-order valence-electron chi connectivity index (χ4n) is 3.14. The van der Waals surface area contributed by atoms with Gasteiger partial charge in [-0.15, -0.1) is 0 Å². The third-order valence-corrected chi connectivity index (χ3v) is 4.40. The van der Waals surface area contributed by atoms with Crippen LogP contribution in [0.4, 0.5) is 22.0 Å². The van der Waals surface area contributed by atoms with Crippen LogP contribution in [0.3, 0.4) is 0 Å². The first kappa shape index (κ1) is 18.2. The standard InChI is InChI=1S/C20H21FN6O/c1-13-10-14(2)24-20(23-13)27-8-9-28-17(12-27)16-4-3-5-19(25-16)26-18-7-6-15(21)11-22-18/h3-7,10-11,17H,8-9,12H2,1-2H3,(H,22,25,26). The van der Waals surface area contributed by atoms with E-state index in [1.165, 1.54) is 6.07 Å². The number of nitrogens with one attached hydrogen (secondary N) is 1. The van der Waals surface area contributed by atoms with Crippen molar-refractivity contribution in [3.05, 3.63) is 65.5 Å². The van der Waals surface area contributed by atoms with Crippen LogP contribution in [0.1, 0.15) is 23.2 Å². The molecule has 1 N–H and O–H groups in total. The molecule has 0 aliphatic carbocycles. The highest BCUT2D eigenvalue weighted by atomic mass is 19.1. The van der Waals surface area contributed by atoms with Gasteiger partial charge in [-0.25, -0.2) is 24.3 Å². The summed E-state index contributed by atoms with van der Waals surface area (Å²) in [4.78, 5) is 19.9. The van der Waals surface area contributed by atoms with E-state index in [0.717, 1.165) is 35.8 Å². The molecule has 8 heteroatoms. The van der Waals surface area contributed by atoms with Gasteiger partial charge in [0, 0.05) is 17.9 Å². The summed E-state index contributed by atoms with van der Waals surface area (Å²) in [6.07, 6.45) is 0.971. The summed E-state index contributed by atoms with van der Waals surface area (Å²) < 4.78 is 19.0. The highest BCUT2D eigenvalue weighted by Crippen LogP contribution is 2.25. The Kier molecular flexibility index (Phi) is 5.12. The van der Waals surface area contributed by atoms with Crippen molar-refractivity contribution in [2.24, 2.45) is 0 Å². The number of rotatable bonds is 4. The maximum Gasteiger partial charge on any atom is 0.225 e. The highest BCUT2D eigenvalue weighted by molar-refractivity contribution is 5.51. The van der Waals surface area contributed by atoms with Crippen molar-refractivity contribution in [3.8, 4) is 0 Å². The first-order valence-corrected chi connectivity index (χ1v) is 9.11. The number of hydrogen-bond acceptors (Lipinski definition) is 7. The molecule has 3 aromatic rings. The molecule has 1 unspecified atom stereocenters. The normalized spacial score (nSPS) is 16.8. The maximum atomic E-state index is 13.0. The molecule has 1 saturated heterocycles. The fraction of sp³-hybridized carbons (Fsp3) is 0.300. The van der Waals surface area contributed by atoms with Gasteiger partial charge < -0.3 is 15.0 Å². The van der Waals surface area contributed by atoms with Crippen molar-refractivity contribution in [1.29, 1.82) is 0 Å². The maximum absolute atomic E-state index is 13.0. The molecule has 0 saturated carbocycles. The Labute approximate surface area is 162 Å². The lowest BCUT2D eigenvalue weighted by atomic mass is 10.2. The molecule has 1 atom stereocenters. The Hall–Kier alpha value is -3.13. The second-order valence-corrected chi connectivity index (χ2v) is 6.69. The number of aromatic nitrogens is 4. The molecule has 28 heavy (non-hydrogen) atoms. The average Bonchev–Trinajstić information content (AvgIpc) is 2.69. The van der Waals surface area contributed by atoms with Gasteiger partial charge in [0.25, 0.3) is 0 Å². The van der Waals surface area contributed by atoms with Crippen LogP contribution in [0.5, 0.6) is 0 Å². The van der Waals surface area contributed by atoms with E-state index in [9.17, 15) is 4.39 Å². The number of pyridine rings is 2. The van der Waals surface area contributed by atoms with Crippen molar-refractivity contribution in [3.63, 3.8) is 0 Å². The number of ether oxygens (including phenoxy) is 1. The molecule has 7 nitrogen and oxygen atoms in total. The third kappa shape index (κ3) is 4.23. The summed E-state index contributed by atoms with van der Waals surface area (Å²) in [7, 11) is 0. The van der Waals surface area contributed by atoms with E-state index in [1.807, 2.05) is 38.1 Å². The van der Waals surface area contributed by atoms with Crippen LogP contribution in [-0.2, 0) is 4.74 Å². The molecule has 0 radical (unpaired) electrons. The van der Waals surface area contributed by atoms with E-state index in [-0.39, 0.29) is 11.9 Å². The van der Waals surface area contributed by atoms with Gasteiger partial charge in [-0.05, 0) is 44.2 Å².